The van der Waals surface area contributed by atoms with Crippen LogP contribution in [0.15, 0.2) is 12.7 Å². The van der Waals surface area contributed by atoms with Crippen LogP contribution < -0.4 is 5.73 Å². The van der Waals surface area contributed by atoms with Crippen molar-refractivity contribution in [2.45, 2.75) is 31.0 Å². The van der Waals surface area contributed by atoms with Gasteiger partial charge in [-0.3, -0.25) is 9.09 Å². The molecule has 0 radical (unpaired) electrons. The number of anilines is 1. The highest BCUT2D eigenvalue weighted by Crippen LogP contribution is 2.66. The Morgan fingerprint density at radius 1 is 1.19 bits per heavy atom. The summed E-state index contributed by atoms with van der Waals surface area (Å²) < 4.78 is 66.9. The SMILES string of the molecule is C[C@]1(COP(=O)(O)OP(=O)(O)OP(=O)(O)O)O[C@@H](n2cnc3c(N)ncnc32)[C@H](F)[C@@H]1O. The standard InChI is InChI=1S/C11H17FN5O12P3/c1-11(2-26-31(22,23)29-32(24,25)28-30(19,20)21)7(18)5(12)10(27-11)17-4-16-6-8(13)14-3-15-9(6)17/h3-5,7,10,18H,2H2,1H3,(H,22,23)(H,24,25)(H2,13,14,15)(H2,19,20,21)/t5-,7+,10-,11-/m1/s1. The van der Waals surface area contributed by atoms with Crippen molar-refractivity contribution in [3.63, 3.8) is 0 Å². The zero-order valence-corrected chi connectivity index (χ0v) is 18.5. The molecule has 0 saturated carbocycles. The van der Waals surface area contributed by atoms with E-state index in [4.69, 9.17) is 25.2 Å². The van der Waals surface area contributed by atoms with E-state index in [1.54, 1.807) is 0 Å². The van der Waals surface area contributed by atoms with E-state index >= 15 is 0 Å². The second-order valence-electron chi connectivity index (χ2n) is 6.66. The van der Waals surface area contributed by atoms with Crippen LogP contribution in [-0.4, -0.2) is 68.7 Å². The van der Waals surface area contributed by atoms with Gasteiger partial charge in [0.1, 0.15) is 23.5 Å². The number of hydrogen-bond donors (Lipinski definition) is 6. The zero-order valence-electron chi connectivity index (χ0n) is 15.8. The van der Waals surface area contributed by atoms with Crippen LogP contribution in [0, 0.1) is 0 Å². The lowest BCUT2D eigenvalue weighted by atomic mass is 9.99. The highest BCUT2D eigenvalue weighted by molar-refractivity contribution is 7.66. The molecule has 32 heavy (non-hydrogen) atoms. The number of fused-ring (bicyclic) bond motifs is 1. The van der Waals surface area contributed by atoms with Gasteiger partial charge in [-0.1, -0.05) is 0 Å². The smallest absolute Gasteiger partial charge is 0.387 e. The van der Waals surface area contributed by atoms with Crippen LogP contribution in [0.25, 0.3) is 11.2 Å². The number of nitrogens with two attached hydrogens (primary N) is 1. The fourth-order valence-corrected chi connectivity index (χ4v) is 5.92. The van der Waals surface area contributed by atoms with Gasteiger partial charge in [-0.25, -0.2) is 33.0 Å². The maximum Gasteiger partial charge on any atom is 0.490 e. The fourth-order valence-electron chi connectivity index (χ4n) is 2.80. The quantitative estimate of drug-likeness (QED) is 0.243. The molecule has 0 amide bonds. The molecule has 7 N–H and O–H groups in total. The van der Waals surface area contributed by atoms with Crippen LogP contribution in [0.1, 0.15) is 13.2 Å². The van der Waals surface area contributed by atoms with Gasteiger partial charge in [0.2, 0.25) is 0 Å². The van der Waals surface area contributed by atoms with E-state index in [2.05, 4.69) is 28.1 Å². The highest BCUT2D eigenvalue weighted by Gasteiger charge is 2.55. The van der Waals surface area contributed by atoms with Crippen molar-refractivity contribution in [2.75, 3.05) is 12.3 Å². The molecule has 0 aliphatic carbocycles. The first kappa shape index (κ1) is 25.2. The van der Waals surface area contributed by atoms with Gasteiger partial charge >= 0.3 is 23.5 Å². The molecule has 180 valence electrons. The third kappa shape index (κ3) is 5.39. The molecule has 2 unspecified atom stereocenters. The minimum Gasteiger partial charge on any atom is -0.387 e. The molecule has 3 rings (SSSR count). The Balaban J connectivity index is 1.76. The average Bonchev–Trinajstić information content (AvgIpc) is 3.14. The summed E-state index contributed by atoms with van der Waals surface area (Å²) in [5, 5.41) is 10.3. The minimum atomic E-state index is -5.75. The normalized spacial score (nSPS) is 30.3. The Bertz CT molecular complexity index is 1160. The first-order valence-corrected chi connectivity index (χ1v) is 12.8. The van der Waals surface area contributed by atoms with Gasteiger partial charge in [0.25, 0.3) is 0 Å². The number of nitrogen functional groups attached to an aromatic ring is 1. The van der Waals surface area contributed by atoms with Crippen molar-refractivity contribution < 1.29 is 60.6 Å². The number of phosphoric ester groups is 1. The number of halogens is 1. The van der Waals surface area contributed by atoms with Crippen molar-refractivity contribution in [3.8, 4) is 0 Å². The Morgan fingerprint density at radius 2 is 1.84 bits per heavy atom. The first-order valence-electron chi connectivity index (χ1n) is 8.25. The fraction of sp³-hybridized carbons (Fsp3) is 0.545. The Labute approximate surface area is 177 Å². The lowest BCUT2D eigenvalue weighted by molar-refractivity contribution is -0.113. The van der Waals surface area contributed by atoms with Gasteiger partial charge in [0.15, 0.2) is 23.9 Å². The van der Waals surface area contributed by atoms with Gasteiger partial charge in [-0.15, -0.1) is 0 Å². The van der Waals surface area contributed by atoms with Crippen LogP contribution in [0.4, 0.5) is 10.2 Å². The number of phosphoric acid groups is 3. The van der Waals surface area contributed by atoms with Crippen molar-refractivity contribution in [3.05, 3.63) is 12.7 Å². The molecular formula is C11H17FN5O12P3. The van der Waals surface area contributed by atoms with Crippen molar-refractivity contribution in [1.82, 2.24) is 19.5 Å². The van der Waals surface area contributed by atoms with Crippen LogP contribution in [0.2, 0.25) is 0 Å². The van der Waals surface area contributed by atoms with Gasteiger partial charge in [0, 0.05) is 0 Å². The number of rotatable bonds is 8. The van der Waals surface area contributed by atoms with Crippen molar-refractivity contribution in [1.29, 1.82) is 0 Å². The number of alkyl halides is 1. The predicted molar refractivity (Wildman–Crippen MR) is 99.0 cm³/mol. The number of aliphatic hydroxyl groups is 1. The van der Waals surface area contributed by atoms with Gasteiger partial charge in [0.05, 0.1) is 12.9 Å². The zero-order chi connectivity index (χ0) is 24.1. The third-order valence-electron chi connectivity index (χ3n) is 4.18. The topological polar surface area (TPSA) is 259 Å². The summed E-state index contributed by atoms with van der Waals surface area (Å²) in [6, 6.07) is 0. The lowest BCUT2D eigenvalue weighted by Crippen LogP contribution is -2.43. The summed E-state index contributed by atoms with van der Waals surface area (Å²) in [6.45, 7) is 0.0237. The molecule has 1 aliphatic rings. The van der Waals surface area contributed by atoms with Gasteiger partial charge in [-0.05, 0) is 6.92 Å². The maximum absolute atomic E-state index is 14.8. The number of aromatic nitrogens is 4. The molecule has 1 saturated heterocycles. The molecule has 3 heterocycles. The summed E-state index contributed by atoms with van der Waals surface area (Å²) >= 11 is 0. The molecule has 1 aliphatic heterocycles. The number of aliphatic hydroxyl groups excluding tert-OH is 1. The number of hydrogen-bond acceptors (Lipinski definition) is 12. The van der Waals surface area contributed by atoms with E-state index in [1.807, 2.05) is 0 Å². The van der Waals surface area contributed by atoms with Gasteiger partial charge < -0.3 is 35.2 Å². The summed E-state index contributed by atoms with van der Waals surface area (Å²) in [5.41, 5.74) is 3.84. The maximum atomic E-state index is 14.8. The monoisotopic (exact) mass is 523 g/mol. The summed E-state index contributed by atoms with van der Waals surface area (Å²) in [5.74, 6) is -0.00174. The lowest BCUT2D eigenvalue weighted by Gasteiger charge is -2.27. The largest absolute Gasteiger partial charge is 0.490 e. The Kier molecular flexibility index (Phi) is 6.65. The predicted octanol–water partition coefficient (Wildman–Crippen LogP) is -0.262. The van der Waals surface area contributed by atoms with E-state index in [9.17, 15) is 28.1 Å². The third-order valence-corrected chi connectivity index (χ3v) is 7.96. The van der Waals surface area contributed by atoms with Gasteiger partial charge in [-0.2, -0.15) is 8.62 Å². The average molecular weight is 523 g/mol. The molecule has 21 heteroatoms. The number of ether oxygens (including phenoxy) is 1. The molecule has 0 aromatic carbocycles. The summed E-state index contributed by atoms with van der Waals surface area (Å²) in [7, 11) is -16.8. The molecule has 6 atom stereocenters. The molecule has 2 aromatic heterocycles. The molecule has 2 aromatic rings. The molecule has 0 spiro atoms. The van der Waals surface area contributed by atoms with E-state index in [1.165, 1.54) is 0 Å². The van der Waals surface area contributed by atoms with Crippen LogP contribution >= 0.6 is 23.5 Å². The minimum absolute atomic E-state index is 0.00174. The number of nitrogens with zero attached hydrogens (tertiary/aromatic N) is 4. The second-order valence-corrected chi connectivity index (χ2v) is 11.1. The number of imidazole rings is 1. The van der Waals surface area contributed by atoms with E-state index in [0.717, 1.165) is 24.1 Å². The van der Waals surface area contributed by atoms with E-state index in [0.29, 0.717) is 0 Å². The van der Waals surface area contributed by atoms with Crippen LogP contribution in [0.3, 0.4) is 0 Å². The molecule has 0 bridgehead atoms. The first-order chi connectivity index (χ1) is 14.5. The Hall–Kier alpha value is -1.39. The van der Waals surface area contributed by atoms with Crippen molar-refractivity contribution >= 4 is 40.4 Å². The second kappa shape index (κ2) is 8.43. The highest BCUT2D eigenvalue weighted by atomic mass is 31.3. The summed E-state index contributed by atoms with van der Waals surface area (Å²) in [4.78, 5) is 47.3. The Morgan fingerprint density at radius 3 is 2.47 bits per heavy atom. The molecule has 17 nitrogen and oxygen atoms in total. The van der Waals surface area contributed by atoms with Crippen LogP contribution in [0.5, 0.6) is 0 Å². The molecule has 1 fully saturated rings. The summed E-state index contributed by atoms with van der Waals surface area (Å²) in [6.07, 6.45) is -3.41. The molecular weight excluding hydrogens is 506 g/mol. The van der Waals surface area contributed by atoms with E-state index < -0.39 is 54.2 Å². The van der Waals surface area contributed by atoms with Crippen LogP contribution in [-0.2, 0) is 31.6 Å². The van der Waals surface area contributed by atoms with Crippen molar-refractivity contribution in [2.24, 2.45) is 0 Å². The van der Waals surface area contributed by atoms with E-state index in [-0.39, 0.29) is 17.0 Å².